The van der Waals surface area contributed by atoms with E-state index in [2.05, 4.69) is 225 Å². The van der Waals surface area contributed by atoms with Crippen molar-refractivity contribution in [3.63, 3.8) is 0 Å². The summed E-state index contributed by atoms with van der Waals surface area (Å²) in [6.45, 7) is 0. The fourth-order valence-electron chi connectivity index (χ4n) is 13.2. The largest absolute Gasteiger partial charge is 0.456 e. The van der Waals surface area contributed by atoms with E-state index in [1.807, 2.05) is 6.07 Å². The zero-order chi connectivity index (χ0) is 44.9. The van der Waals surface area contributed by atoms with E-state index >= 15 is 0 Å². The smallest absolute Gasteiger partial charge is 0.136 e. The molecule has 4 aliphatic carbocycles. The van der Waals surface area contributed by atoms with Gasteiger partial charge in [0.15, 0.2) is 0 Å². The van der Waals surface area contributed by atoms with Crippen LogP contribution < -0.4 is 0 Å². The first-order valence-electron chi connectivity index (χ1n) is 24.2. The summed E-state index contributed by atoms with van der Waals surface area (Å²) in [6, 6.07) is 65.7. The molecule has 0 fully saturated rings. The van der Waals surface area contributed by atoms with E-state index in [0.29, 0.717) is 11.8 Å². The van der Waals surface area contributed by atoms with Gasteiger partial charge in [0, 0.05) is 22.6 Å². The second-order valence-corrected chi connectivity index (χ2v) is 19.3. The van der Waals surface area contributed by atoms with Crippen molar-refractivity contribution in [2.24, 2.45) is 11.8 Å². The fourth-order valence-corrected chi connectivity index (χ4v) is 13.2. The van der Waals surface area contributed by atoms with Gasteiger partial charge in [-0.1, -0.05) is 206 Å². The van der Waals surface area contributed by atoms with Crippen molar-refractivity contribution in [3.05, 3.63) is 258 Å². The molecule has 0 amide bonds. The molecule has 11 aromatic carbocycles. The molecule has 1 heteroatoms. The Morgan fingerprint density at radius 1 is 0.275 bits per heavy atom. The highest BCUT2D eigenvalue weighted by molar-refractivity contribution is 6.32. The maximum atomic E-state index is 6.48. The van der Waals surface area contributed by atoms with Gasteiger partial charge in [-0.15, -0.1) is 0 Å². The maximum absolute atomic E-state index is 6.48. The summed E-state index contributed by atoms with van der Waals surface area (Å²) < 4.78 is 6.48. The van der Waals surface area contributed by atoms with E-state index in [4.69, 9.17) is 4.42 Å². The number of furan rings is 1. The standard InChI is InChI=1S/C68H40O/c1-2-17-44-43(16-1)57-36-42(32-33-45(57)59-38-62-60(37-58(44)59)46-18-11-12-27-61(46)69-62)64-47-19-3-7-23-51(47)67(52-24-8-4-20-48(52)64)68-53-25-9-5-21-49(53)66(50-22-6-10-26-54(50)68)56-35-31-41-29-28-39-14-13-15-40-30-34-55(56)65(41)63(39)40/h1-38,63,65H. The molecule has 0 radical (unpaired) electrons. The third-order valence-electron chi connectivity index (χ3n) is 16.0. The highest BCUT2D eigenvalue weighted by Gasteiger charge is 2.39. The number of allylic oxidation sites excluding steroid dienone is 14. The first-order valence-corrected chi connectivity index (χ1v) is 24.2. The van der Waals surface area contributed by atoms with Crippen LogP contribution in [0.5, 0.6) is 0 Å². The molecule has 4 aliphatic rings. The summed E-state index contributed by atoms with van der Waals surface area (Å²) in [6.07, 6.45) is 21.1. The Bertz CT molecular complexity index is 4480. The molecule has 69 heavy (non-hydrogen) atoms. The summed E-state index contributed by atoms with van der Waals surface area (Å²) in [5.41, 5.74) is 15.1. The van der Waals surface area contributed by atoms with Gasteiger partial charge in [0.05, 0.1) is 0 Å². The first kappa shape index (κ1) is 37.3. The van der Waals surface area contributed by atoms with Crippen LogP contribution in [0, 0.1) is 11.8 Å². The molecule has 0 aliphatic heterocycles. The molecule has 2 atom stereocenters. The van der Waals surface area contributed by atoms with Crippen molar-refractivity contribution < 1.29 is 4.42 Å². The first-order chi connectivity index (χ1) is 34.2. The Balaban J connectivity index is 0.962. The summed E-state index contributed by atoms with van der Waals surface area (Å²) in [4.78, 5) is 0. The summed E-state index contributed by atoms with van der Waals surface area (Å²) >= 11 is 0. The molecule has 16 rings (SSSR count). The van der Waals surface area contributed by atoms with Gasteiger partial charge in [0.2, 0.25) is 0 Å². The molecule has 0 saturated heterocycles. The van der Waals surface area contributed by atoms with Gasteiger partial charge in [-0.2, -0.15) is 0 Å². The number of fused-ring (bicyclic) bond motifs is 13. The van der Waals surface area contributed by atoms with Crippen LogP contribution in [-0.2, 0) is 0 Å². The van der Waals surface area contributed by atoms with Crippen LogP contribution in [0.2, 0.25) is 0 Å². The molecular formula is C68H40O. The lowest BCUT2D eigenvalue weighted by Crippen LogP contribution is -2.29. The average molecular weight is 873 g/mol. The molecular weight excluding hydrogens is 833 g/mol. The molecule has 12 aromatic rings. The summed E-state index contributed by atoms with van der Waals surface area (Å²) in [7, 11) is 0. The summed E-state index contributed by atoms with van der Waals surface area (Å²) in [5, 5.41) is 19.8. The quantitative estimate of drug-likeness (QED) is 0.127. The van der Waals surface area contributed by atoms with Crippen LogP contribution in [-0.4, -0.2) is 0 Å². The SMILES string of the molecule is C1=CC2=CC=C3C=CC(c4c5ccccc5c(-c5c6ccccc6c(-c6ccc7c(c6)c6ccccc6c6cc8c(cc76)oc6ccccc68)c6ccccc56)c5ccccc45)=C4C=CC(=C1)C2C34. The third-order valence-corrected chi connectivity index (χ3v) is 16.0. The van der Waals surface area contributed by atoms with Gasteiger partial charge < -0.3 is 4.42 Å². The average Bonchev–Trinajstić information content (AvgIpc) is 3.78. The van der Waals surface area contributed by atoms with Crippen molar-refractivity contribution in [3.8, 4) is 22.3 Å². The molecule has 0 N–H and O–H groups in total. The highest BCUT2D eigenvalue weighted by Crippen LogP contribution is 2.55. The fraction of sp³-hybridized carbons (Fsp3) is 0.0294. The molecule has 318 valence electrons. The minimum absolute atomic E-state index is 0.295. The monoisotopic (exact) mass is 872 g/mol. The summed E-state index contributed by atoms with van der Waals surface area (Å²) in [5.74, 6) is 0.639. The third kappa shape index (κ3) is 5.09. The van der Waals surface area contributed by atoms with Gasteiger partial charge in [-0.25, -0.2) is 0 Å². The Kier molecular flexibility index (Phi) is 7.51. The molecule has 0 spiro atoms. The zero-order valence-corrected chi connectivity index (χ0v) is 37.5. The van der Waals surface area contributed by atoms with Gasteiger partial charge in [-0.05, 0) is 155 Å². The van der Waals surface area contributed by atoms with Crippen LogP contribution in [0.1, 0.15) is 5.56 Å². The van der Waals surface area contributed by atoms with Crippen LogP contribution in [0.15, 0.2) is 257 Å². The second-order valence-electron chi connectivity index (χ2n) is 19.3. The molecule has 0 bridgehead atoms. The van der Waals surface area contributed by atoms with E-state index in [0.717, 1.165) is 21.9 Å². The van der Waals surface area contributed by atoms with E-state index < -0.39 is 0 Å². The van der Waals surface area contributed by atoms with Crippen LogP contribution >= 0.6 is 0 Å². The molecule has 2 unspecified atom stereocenters. The van der Waals surface area contributed by atoms with Crippen molar-refractivity contribution in [1.29, 1.82) is 0 Å². The number of hydrogen-bond donors (Lipinski definition) is 0. The number of benzene rings is 11. The predicted octanol–water partition coefficient (Wildman–Crippen LogP) is 18.5. The molecule has 1 aromatic heterocycles. The van der Waals surface area contributed by atoms with Crippen LogP contribution in [0.4, 0.5) is 0 Å². The van der Waals surface area contributed by atoms with Gasteiger partial charge in [0.1, 0.15) is 11.2 Å². The minimum Gasteiger partial charge on any atom is -0.456 e. The van der Waals surface area contributed by atoms with Crippen LogP contribution in [0.25, 0.3) is 125 Å². The van der Waals surface area contributed by atoms with Crippen molar-refractivity contribution >= 4 is 103 Å². The second kappa shape index (κ2) is 13.9. The van der Waals surface area contributed by atoms with E-state index in [1.54, 1.807) is 0 Å². The Labute approximate surface area is 397 Å². The van der Waals surface area contributed by atoms with Crippen molar-refractivity contribution in [2.75, 3.05) is 0 Å². The Morgan fingerprint density at radius 2 is 0.739 bits per heavy atom. The topological polar surface area (TPSA) is 13.1 Å². The normalized spacial score (nSPS) is 17.3. The maximum Gasteiger partial charge on any atom is 0.136 e. The molecule has 0 saturated carbocycles. The number of hydrogen-bond acceptors (Lipinski definition) is 1. The lowest BCUT2D eigenvalue weighted by Gasteiger charge is -2.40. The van der Waals surface area contributed by atoms with Gasteiger partial charge in [-0.3, -0.25) is 0 Å². The zero-order valence-electron chi connectivity index (χ0n) is 37.5. The van der Waals surface area contributed by atoms with E-state index in [9.17, 15) is 0 Å². The molecule has 1 nitrogen and oxygen atoms in total. The number of para-hydroxylation sites is 1. The Morgan fingerprint density at radius 3 is 1.36 bits per heavy atom. The van der Waals surface area contributed by atoms with Gasteiger partial charge >= 0.3 is 0 Å². The van der Waals surface area contributed by atoms with Crippen molar-refractivity contribution in [1.82, 2.24) is 0 Å². The van der Waals surface area contributed by atoms with E-state index in [1.165, 1.54) is 131 Å². The van der Waals surface area contributed by atoms with Crippen molar-refractivity contribution in [2.45, 2.75) is 0 Å². The predicted molar refractivity (Wildman–Crippen MR) is 293 cm³/mol. The minimum atomic E-state index is 0.295. The lowest BCUT2D eigenvalue weighted by atomic mass is 9.63. The lowest BCUT2D eigenvalue weighted by molar-refractivity contribution is 0.566. The van der Waals surface area contributed by atoms with Gasteiger partial charge in [0.25, 0.3) is 0 Å². The van der Waals surface area contributed by atoms with Crippen LogP contribution in [0.3, 0.4) is 0 Å². The highest BCUT2D eigenvalue weighted by atomic mass is 16.3. The Hall–Kier alpha value is -8.78. The molecule has 1 heterocycles. The van der Waals surface area contributed by atoms with E-state index in [-0.39, 0.29) is 0 Å². The number of rotatable bonds is 3.